The zero-order valence-electron chi connectivity index (χ0n) is 9.10. The number of amides is 1. The van der Waals surface area contributed by atoms with Crippen LogP contribution in [0, 0.1) is 0 Å². The minimum absolute atomic E-state index is 0.106. The van der Waals surface area contributed by atoms with E-state index in [9.17, 15) is 14.7 Å². The molecule has 0 fully saturated rings. The number of aliphatic carboxylic acids is 1. The van der Waals surface area contributed by atoms with E-state index in [1.807, 2.05) is 0 Å². The Balaban J connectivity index is 2.56. The monoisotopic (exact) mass is 220 g/mol. The van der Waals surface area contributed by atoms with Crippen molar-refractivity contribution in [3.05, 3.63) is 23.9 Å². The Morgan fingerprint density at radius 2 is 2.31 bits per heavy atom. The number of rotatable bonds is 1. The van der Waals surface area contributed by atoms with Crippen LogP contribution >= 0.6 is 0 Å². The highest BCUT2D eigenvalue weighted by atomic mass is 16.4. The standard InChI is InChI=1S/C11H12N2O3/c1-7-4-3-5-8-12-9(14)6-11(2,10(15)16)13(7)8/h3-5H,6H2,1-2H3,(H,15,16)/t11-/m0/s1. The summed E-state index contributed by atoms with van der Waals surface area (Å²) in [4.78, 5) is 28.2. The first kappa shape index (κ1) is 10.6. The van der Waals surface area contributed by atoms with Gasteiger partial charge >= 0.3 is 5.97 Å². The van der Waals surface area contributed by atoms with Gasteiger partial charge in [-0.3, -0.25) is 4.79 Å². The summed E-state index contributed by atoms with van der Waals surface area (Å²) in [6.07, 6.45) is 5.09. The Kier molecular flexibility index (Phi) is 2.18. The van der Waals surface area contributed by atoms with E-state index in [1.54, 1.807) is 37.0 Å². The van der Waals surface area contributed by atoms with Crippen LogP contribution in [0.3, 0.4) is 0 Å². The van der Waals surface area contributed by atoms with Gasteiger partial charge in [0.1, 0.15) is 11.4 Å². The van der Waals surface area contributed by atoms with E-state index in [-0.39, 0.29) is 6.42 Å². The Bertz CT molecular complexity index is 462. The van der Waals surface area contributed by atoms with Crippen molar-refractivity contribution in [3.8, 4) is 0 Å². The lowest BCUT2D eigenvalue weighted by molar-refractivity contribution is -0.150. The van der Waals surface area contributed by atoms with E-state index in [0.29, 0.717) is 5.84 Å². The Hall–Kier alpha value is -1.91. The summed E-state index contributed by atoms with van der Waals surface area (Å²) < 4.78 is 0. The highest BCUT2D eigenvalue weighted by Gasteiger charge is 2.46. The fourth-order valence-corrected chi connectivity index (χ4v) is 2.04. The largest absolute Gasteiger partial charge is 0.479 e. The molecule has 0 aromatic rings. The first-order valence-corrected chi connectivity index (χ1v) is 4.95. The van der Waals surface area contributed by atoms with Crippen molar-refractivity contribution in [1.82, 2.24) is 4.90 Å². The van der Waals surface area contributed by atoms with Gasteiger partial charge in [0.25, 0.3) is 5.91 Å². The predicted octanol–water partition coefficient (Wildman–Crippen LogP) is 0.934. The molecule has 2 rings (SSSR count). The second-order valence-corrected chi connectivity index (χ2v) is 4.12. The van der Waals surface area contributed by atoms with Crippen LogP contribution in [0.4, 0.5) is 0 Å². The summed E-state index contributed by atoms with van der Waals surface area (Å²) in [5, 5.41) is 9.27. The molecule has 0 saturated heterocycles. The summed E-state index contributed by atoms with van der Waals surface area (Å²) in [5.41, 5.74) is -0.460. The molecule has 2 aliphatic rings. The Morgan fingerprint density at radius 3 is 2.94 bits per heavy atom. The molecule has 0 aromatic heterocycles. The van der Waals surface area contributed by atoms with Gasteiger partial charge < -0.3 is 10.0 Å². The van der Waals surface area contributed by atoms with Crippen molar-refractivity contribution in [2.24, 2.45) is 4.99 Å². The average molecular weight is 220 g/mol. The van der Waals surface area contributed by atoms with Gasteiger partial charge in [-0.1, -0.05) is 6.08 Å². The number of carboxylic acid groups (broad SMARTS) is 1. The van der Waals surface area contributed by atoms with Crippen LogP contribution in [0.1, 0.15) is 20.3 Å². The van der Waals surface area contributed by atoms with E-state index < -0.39 is 17.4 Å². The number of carbonyl (C=O) groups excluding carboxylic acids is 1. The molecule has 2 heterocycles. The van der Waals surface area contributed by atoms with Gasteiger partial charge in [-0.05, 0) is 26.0 Å². The molecule has 5 heteroatoms. The summed E-state index contributed by atoms with van der Waals surface area (Å²) in [6.45, 7) is 3.34. The van der Waals surface area contributed by atoms with Crippen LogP contribution < -0.4 is 0 Å². The van der Waals surface area contributed by atoms with Crippen LogP contribution in [0.5, 0.6) is 0 Å². The summed E-state index contributed by atoms with van der Waals surface area (Å²) in [5.74, 6) is -1.01. The maximum absolute atomic E-state index is 11.4. The van der Waals surface area contributed by atoms with Crippen LogP contribution in [0.25, 0.3) is 0 Å². The van der Waals surface area contributed by atoms with E-state index >= 15 is 0 Å². The zero-order valence-corrected chi connectivity index (χ0v) is 9.10. The number of nitrogens with zero attached hydrogens (tertiary/aromatic N) is 2. The smallest absolute Gasteiger partial charge is 0.330 e. The van der Waals surface area contributed by atoms with E-state index in [1.165, 1.54) is 0 Å². The molecule has 0 spiro atoms. The van der Waals surface area contributed by atoms with E-state index in [2.05, 4.69) is 4.99 Å². The van der Waals surface area contributed by atoms with Crippen molar-refractivity contribution < 1.29 is 14.7 Å². The lowest BCUT2D eigenvalue weighted by Gasteiger charge is -2.42. The molecule has 0 aliphatic carbocycles. The number of fused-ring (bicyclic) bond motifs is 1. The van der Waals surface area contributed by atoms with Crippen molar-refractivity contribution in [1.29, 1.82) is 0 Å². The van der Waals surface area contributed by atoms with Crippen molar-refractivity contribution in [2.75, 3.05) is 0 Å². The molecule has 1 N–H and O–H groups in total. The lowest BCUT2D eigenvalue weighted by Crippen LogP contribution is -2.57. The molecule has 16 heavy (non-hydrogen) atoms. The quantitative estimate of drug-likeness (QED) is 0.713. The van der Waals surface area contributed by atoms with Crippen LogP contribution in [0.2, 0.25) is 0 Å². The van der Waals surface area contributed by atoms with Crippen LogP contribution in [-0.2, 0) is 9.59 Å². The third kappa shape index (κ3) is 1.36. The molecule has 0 radical (unpaired) electrons. The Morgan fingerprint density at radius 1 is 1.62 bits per heavy atom. The molecule has 1 atom stereocenters. The number of carbonyl (C=O) groups is 2. The van der Waals surface area contributed by atoms with Gasteiger partial charge in [0, 0.05) is 5.70 Å². The van der Waals surface area contributed by atoms with Crippen molar-refractivity contribution in [3.63, 3.8) is 0 Å². The molecule has 0 bridgehead atoms. The minimum atomic E-state index is -1.24. The number of carboxylic acids is 1. The molecular weight excluding hydrogens is 208 g/mol. The van der Waals surface area contributed by atoms with Gasteiger partial charge in [0.2, 0.25) is 0 Å². The van der Waals surface area contributed by atoms with Crippen LogP contribution in [-0.4, -0.2) is 33.3 Å². The van der Waals surface area contributed by atoms with Gasteiger partial charge in [0.15, 0.2) is 0 Å². The number of allylic oxidation sites excluding steroid dienone is 3. The highest BCUT2D eigenvalue weighted by molar-refractivity contribution is 6.09. The highest BCUT2D eigenvalue weighted by Crippen LogP contribution is 2.31. The average Bonchev–Trinajstić information content (AvgIpc) is 2.16. The molecule has 0 saturated carbocycles. The third-order valence-corrected chi connectivity index (χ3v) is 2.85. The van der Waals surface area contributed by atoms with Gasteiger partial charge in [0.05, 0.1) is 6.42 Å². The lowest BCUT2D eigenvalue weighted by atomic mass is 9.91. The number of hydrogen-bond acceptors (Lipinski definition) is 3. The zero-order chi connectivity index (χ0) is 11.9. The first-order valence-electron chi connectivity index (χ1n) is 4.95. The van der Waals surface area contributed by atoms with Crippen LogP contribution in [0.15, 0.2) is 28.9 Å². The summed E-state index contributed by atoms with van der Waals surface area (Å²) in [7, 11) is 0. The molecular formula is C11H12N2O3. The van der Waals surface area contributed by atoms with Crippen molar-refractivity contribution >= 4 is 17.7 Å². The maximum Gasteiger partial charge on any atom is 0.330 e. The normalized spacial score (nSPS) is 28.4. The number of hydrogen-bond donors (Lipinski definition) is 1. The van der Waals surface area contributed by atoms with Crippen molar-refractivity contribution in [2.45, 2.75) is 25.8 Å². The summed E-state index contributed by atoms with van der Waals surface area (Å²) in [6, 6.07) is 0. The first-order chi connectivity index (χ1) is 7.45. The Labute approximate surface area is 92.8 Å². The minimum Gasteiger partial charge on any atom is -0.479 e. The number of aliphatic imine (C=N–C) groups is 1. The fraction of sp³-hybridized carbons (Fsp3) is 0.364. The topological polar surface area (TPSA) is 70.0 Å². The second kappa shape index (κ2) is 3.30. The second-order valence-electron chi connectivity index (χ2n) is 4.12. The van der Waals surface area contributed by atoms with Gasteiger partial charge in [-0.15, -0.1) is 0 Å². The van der Waals surface area contributed by atoms with E-state index in [0.717, 1.165) is 5.70 Å². The fourth-order valence-electron chi connectivity index (χ4n) is 2.04. The molecule has 2 aliphatic heterocycles. The molecule has 5 nitrogen and oxygen atoms in total. The maximum atomic E-state index is 11.4. The van der Waals surface area contributed by atoms with E-state index in [4.69, 9.17) is 0 Å². The van der Waals surface area contributed by atoms with Gasteiger partial charge in [-0.25, -0.2) is 4.79 Å². The summed E-state index contributed by atoms with van der Waals surface area (Å²) >= 11 is 0. The molecule has 84 valence electrons. The van der Waals surface area contributed by atoms with Gasteiger partial charge in [-0.2, -0.15) is 4.99 Å². The molecule has 0 aromatic carbocycles. The predicted molar refractivity (Wildman–Crippen MR) is 57.8 cm³/mol. The third-order valence-electron chi connectivity index (χ3n) is 2.85. The molecule has 0 unspecified atom stereocenters. The number of amidine groups is 1. The molecule has 1 amide bonds. The SMILES string of the molecule is CC1=CC=CC2=NC(=O)C[C@@](C)(C(=O)O)N12.